The fraction of sp³-hybridized carbons (Fsp3) is 0.600. The largest absolute Gasteiger partial charge is 0.497 e. The first-order valence-electron chi connectivity index (χ1n) is 6.75. The van der Waals surface area contributed by atoms with Crippen molar-refractivity contribution in [3.63, 3.8) is 0 Å². The Kier molecular flexibility index (Phi) is 5.29. The molecular weight excluding hydrogens is 256 g/mol. The number of hydrogen-bond acceptors (Lipinski definition) is 3. The third-order valence-electron chi connectivity index (χ3n) is 3.03. The average Bonchev–Trinajstić information content (AvgIpc) is 2.28. The van der Waals surface area contributed by atoms with Crippen LogP contribution in [0.2, 0.25) is 0 Å². The highest BCUT2D eigenvalue weighted by Crippen LogP contribution is 2.29. The Bertz CT molecular complexity index is 464. The molecule has 1 heterocycles. The molecule has 0 bridgehead atoms. The molecule has 0 saturated carbocycles. The number of aromatic nitrogens is 1. The molecule has 1 aromatic heterocycles. The summed E-state index contributed by atoms with van der Waals surface area (Å²) in [6.45, 7) is 8.69. The molecule has 0 spiro atoms. The standard InChI is InChI=1S/C15H24N2OS/c1-5-6-7-10-9-17-13(14(18)19)12(16)11(10)8-15(2,3)4/h9H,5-8,16H2,1-4H3,(H,18,19). The van der Waals surface area contributed by atoms with Crippen LogP contribution < -0.4 is 5.73 Å². The Balaban J connectivity index is 3.24. The van der Waals surface area contributed by atoms with Crippen molar-refractivity contribution in [1.82, 2.24) is 4.98 Å². The van der Waals surface area contributed by atoms with Crippen LogP contribution in [0.4, 0.5) is 5.69 Å². The first kappa shape index (κ1) is 15.9. The summed E-state index contributed by atoms with van der Waals surface area (Å²) >= 11 is 4.79. The Morgan fingerprint density at radius 2 is 2.05 bits per heavy atom. The fourth-order valence-corrected chi connectivity index (χ4v) is 2.26. The van der Waals surface area contributed by atoms with Gasteiger partial charge in [-0.2, -0.15) is 0 Å². The predicted octanol–water partition coefficient (Wildman–Crippen LogP) is 3.83. The van der Waals surface area contributed by atoms with Crippen LogP contribution in [0.3, 0.4) is 0 Å². The monoisotopic (exact) mass is 280 g/mol. The number of anilines is 1. The van der Waals surface area contributed by atoms with E-state index in [1.807, 2.05) is 6.20 Å². The first-order valence-corrected chi connectivity index (χ1v) is 7.16. The lowest BCUT2D eigenvalue weighted by Gasteiger charge is -2.22. The predicted molar refractivity (Wildman–Crippen MR) is 84.7 cm³/mol. The number of aliphatic hydroxyl groups is 1. The molecule has 0 fully saturated rings. The van der Waals surface area contributed by atoms with Gasteiger partial charge in [-0.05, 0) is 48.0 Å². The van der Waals surface area contributed by atoms with Crippen molar-refractivity contribution >= 4 is 23.0 Å². The molecule has 0 aromatic carbocycles. The maximum atomic E-state index is 9.48. The summed E-state index contributed by atoms with van der Waals surface area (Å²) in [7, 11) is 0. The zero-order chi connectivity index (χ0) is 14.6. The van der Waals surface area contributed by atoms with E-state index in [0.717, 1.165) is 31.2 Å². The van der Waals surface area contributed by atoms with Crippen molar-refractivity contribution in [1.29, 1.82) is 0 Å². The highest BCUT2D eigenvalue weighted by Gasteiger charge is 2.20. The molecule has 4 heteroatoms. The van der Waals surface area contributed by atoms with Gasteiger partial charge in [-0.3, -0.25) is 0 Å². The van der Waals surface area contributed by atoms with Gasteiger partial charge >= 0.3 is 0 Å². The fourth-order valence-electron chi connectivity index (χ4n) is 2.10. The van der Waals surface area contributed by atoms with Gasteiger partial charge in [0.25, 0.3) is 0 Å². The van der Waals surface area contributed by atoms with Gasteiger partial charge < -0.3 is 10.8 Å². The highest BCUT2D eigenvalue weighted by atomic mass is 32.1. The maximum Gasteiger partial charge on any atom is 0.209 e. The molecule has 0 radical (unpaired) electrons. The summed E-state index contributed by atoms with van der Waals surface area (Å²) in [4.78, 5) is 4.21. The Hall–Kier alpha value is -1.16. The van der Waals surface area contributed by atoms with Crippen molar-refractivity contribution in [2.75, 3.05) is 5.73 Å². The molecule has 106 valence electrons. The third-order valence-corrected chi connectivity index (χ3v) is 3.22. The molecule has 0 atom stereocenters. The van der Waals surface area contributed by atoms with E-state index in [0.29, 0.717) is 11.4 Å². The van der Waals surface area contributed by atoms with E-state index in [1.54, 1.807) is 0 Å². The van der Waals surface area contributed by atoms with Gasteiger partial charge in [0.1, 0.15) is 5.69 Å². The number of nitrogens with zero attached hydrogens (tertiary/aromatic N) is 1. The normalized spacial score (nSPS) is 11.6. The van der Waals surface area contributed by atoms with Crippen LogP contribution in [0.15, 0.2) is 6.20 Å². The molecule has 0 aliphatic heterocycles. The smallest absolute Gasteiger partial charge is 0.209 e. The minimum Gasteiger partial charge on any atom is -0.497 e. The summed E-state index contributed by atoms with van der Waals surface area (Å²) in [5, 5.41) is 9.26. The number of rotatable bonds is 5. The molecule has 0 unspecified atom stereocenters. The van der Waals surface area contributed by atoms with E-state index in [1.165, 1.54) is 5.56 Å². The van der Waals surface area contributed by atoms with Crippen LogP contribution in [0.1, 0.15) is 57.4 Å². The van der Waals surface area contributed by atoms with E-state index < -0.39 is 0 Å². The summed E-state index contributed by atoms with van der Waals surface area (Å²) in [5.74, 6) is 0. The Morgan fingerprint density at radius 3 is 2.53 bits per heavy atom. The lowest BCUT2D eigenvalue weighted by molar-refractivity contribution is 0.410. The highest BCUT2D eigenvalue weighted by molar-refractivity contribution is 7.80. The number of nitrogen functional groups attached to an aromatic ring is 1. The van der Waals surface area contributed by atoms with Crippen LogP contribution in [-0.4, -0.2) is 15.1 Å². The minimum absolute atomic E-state index is 0.130. The van der Waals surface area contributed by atoms with E-state index in [4.69, 9.17) is 18.0 Å². The minimum atomic E-state index is -0.227. The number of pyridine rings is 1. The molecule has 19 heavy (non-hydrogen) atoms. The first-order chi connectivity index (χ1) is 8.76. The van der Waals surface area contributed by atoms with Gasteiger partial charge in [-0.1, -0.05) is 34.1 Å². The molecule has 0 aliphatic rings. The van der Waals surface area contributed by atoms with E-state index in [2.05, 4.69) is 32.7 Å². The quantitative estimate of drug-likeness (QED) is 0.805. The summed E-state index contributed by atoms with van der Waals surface area (Å²) < 4.78 is 0. The zero-order valence-electron chi connectivity index (χ0n) is 12.3. The lowest BCUT2D eigenvalue weighted by atomic mass is 9.85. The van der Waals surface area contributed by atoms with Gasteiger partial charge in [0.05, 0.1) is 5.69 Å². The lowest BCUT2D eigenvalue weighted by Crippen LogP contribution is -2.16. The molecule has 0 amide bonds. The van der Waals surface area contributed by atoms with Crippen LogP contribution in [0.5, 0.6) is 0 Å². The average molecular weight is 280 g/mol. The second kappa shape index (κ2) is 6.33. The summed E-state index contributed by atoms with van der Waals surface area (Å²) in [5.41, 5.74) is 9.42. The maximum absolute atomic E-state index is 9.48. The van der Waals surface area contributed by atoms with E-state index >= 15 is 0 Å². The van der Waals surface area contributed by atoms with Crippen molar-refractivity contribution < 1.29 is 5.11 Å². The van der Waals surface area contributed by atoms with E-state index in [9.17, 15) is 5.11 Å². The van der Waals surface area contributed by atoms with Gasteiger partial charge in [0.15, 0.2) is 0 Å². The van der Waals surface area contributed by atoms with Crippen LogP contribution in [0, 0.1) is 5.41 Å². The molecular formula is C15H24N2OS. The number of thiocarbonyl (C=S) groups is 1. The van der Waals surface area contributed by atoms with Crippen LogP contribution in [0.25, 0.3) is 0 Å². The number of aryl methyl sites for hydroxylation is 1. The third kappa shape index (κ3) is 4.46. The SMILES string of the molecule is CCCCc1cnc(C(O)=S)c(N)c1CC(C)(C)C. The van der Waals surface area contributed by atoms with Gasteiger partial charge in [0, 0.05) is 6.20 Å². The van der Waals surface area contributed by atoms with Crippen molar-refractivity contribution in [3.8, 4) is 0 Å². The van der Waals surface area contributed by atoms with Crippen molar-refractivity contribution in [2.45, 2.75) is 53.4 Å². The molecule has 1 aromatic rings. The zero-order valence-corrected chi connectivity index (χ0v) is 13.1. The Morgan fingerprint density at radius 1 is 1.42 bits per heavy atom. The summed E-state index contributed by atoms with van der Waals surface area (Å²) in [6, 6.07) is 0. The van der Waals surface area contributed by atoms with Crippen LogP contribution in [-0.2, 0) is 12.8 Å². The van der Waals surface area contributed by atoms with Crippen molar-refractivity contribution in [2.24, 2.45) is 5.41 Å². The number of nitrogens with two attached hydrogens (primary N) is 1. The van der Waals surface area contributed by atoms with Gasteiger partial charge in [0.2, 0.25) is 5.05 Å². The molecule has 3 N–H and O–H groups in total. The number of hydrogen-bond donors (Lipinski definition) is 2. The molecule has 0 aliphatic carbocycles. The number of aliphatic hydroxyl groups excluding tert-OH is 1. The summed E-state index contributed by atoms with van der Waals surface area (Å²) in [6.07, 6.45) is 5.88. The Labute approximate surface area is 121 Å². The topological polar surface area (TPSA) is 59.1 Å². The molecule has 3 nitrogen and oxygen atoms in total. The van der Waals surface area contributed by atoms with Gasteiger partial charge in [-0.25, -0.2) is 4.98 Å². The molecule has 0 saturated heterocycles. The molecule has 1 rings (SSSR count). The second-order valence-electron chi connectivity index (χ2n) is 6.17. The number of unbranched alkanes of at least 4 members (excludes halogenated alkanes) is 1. The second-order valence-corrected chi connectivity index (χ2v) is 6.56. The van der Waals surface area contributed by atoms with Gasteiger partial charge in [-0.15, -0.1) is 0 Å². The van der Waals surface area contributed by atoms with E-state index in [-0.39, 0.29) is 10.5 Å². The van der Waals surface area contributed by atoms with Crippen molar-refractivity contribution in [3.05, 3.63) is 23.0 Å². The van der Waals surface area contributed by atoms with Crippen LogP contribution >= 0.6 is 12.2 Å².